The van der Waals surface area contributed by atoms with Crippen molar-refractivity contribution in [1.29, 1.82) is 0 Å². The van der Waals surface area contributed by atoms with E-state index in [-0.39, 0.29) is 18.2 Å². The van der Waals surface area contributed by atoms with Gasteiger partial charge in [-0.1, -0.05) is 135 Å². The summed E-state index contributed by atoms with van der Waals surface area (Å²) in [5.41, 5.74) is 2.48. The average molecular weight is 665 g/mol. The zero-order chi connectivity index (χ0) is 34.6. The van der Waals surface area contributed by atoms with Crippen molar-refractivity contribution in [3.63, 3.8) is 0 Å². The number of aliphatic hydroxyl groups is 1. The van der Waals surface area contributed by atoms with Crippen LogP contribution in [0.5, 0.6) is 0 Å². The van der Waals surface area contributed by atoms with E-state index in [1.165, 1.54) is 89.9 Å². The molecule has 0 aromatic rings. The minimum Gasteiger partial charge on any atom is -0.462 e. The van der Waals surface area contributed by atoms with Crippen molar-refractivity contribution in [2.45, 2.75) is 195 Å². The first kappa shape index (κ1) is 39.4. The first-order valence-corrected chi connectivity index (χ1v) is 21.0. The third kappa shape index (κ3) is 10.6. The van der Waals surface area contributed by atoms with Gasteiger partial charge in [0, 0.05) is 12.8 Å². The second-order valence-electron chi connectivity index (χ2n) is 17.8. The third-order valence-corrected chi connectivity index (χ3v) is 14.0. The quantitative estimate of drug-likeness (QED) is 0.0610. The largest absolute Gasteiger partial charge is 0.462 e. The minimum absolute atomic E-state index is 0.0254. The molecule has 0 saturated heterocycles. The summed E-state index contributed by atoms with van der Waals surface area (Å²) in [6.07, 6.45) is 36.6. The van der Waals surface area contributed by atoms with Gasteiger partial charge in [-0.25, -0.2) is 0 Å². The van der Waals surface area contributed by atoms with Crippen molar-refractivity contribution in [2.75, 3.05) is 0 Å². The SMILES string of the molecule is CCCCCC(O)/C=C/C=C/CCCCCCCC(=O)O[C@@H]1CC[C@]2(C)C(=CC[C@@H]3[C@H]2CC[C@@]2(C)C([C@H](C)CCCC(C)C)CC[C@@H]32)C1. The maximum absolute atomic E-state index is 12.8. The van der Waals surface area contributed by atoms with E-state index in [0.717, 1.165) is 80.5 Å². The van der Waals surface area contributed by atoms with Gasteiger partial charge in [-0.05, 0) is 117 Å². The van der Waals surface area contributed by atoms with E-state index < -0.39 is 0 Å². The van der Waals surface area contributed by atoms with Gasteiger partial charge in [0.05, 0.1) is 6.10 Å². The number of esters is 1. The summed E-state index contributed by atoms with van der Waals surface area (Å²) in [5.74, 6) is 5.22. The number of rotatable bonds is 20. The smallest absolute Gasteiger partial charge is 0.306 e. The van der Waals surface area contributed by atoms with Gasteiger partial charge in [0.2, 0.25) is 0 Å². The Labute approximate surface area is 297 Å². The highest BCUT2D eigenvalue weighted by atomic mass is 16.5. The normalized spacial score (nSPS) is 33.0. The van der Waals surface area contributed by atoms with Crippen LogP contribution in [0, 0.1) is 46.3 Å². The number of aliphatic hydroxyl groups excluding tert-OH is 1. The Morgan fingerprint density at radius 2 is 1.69 bits per heavy atom. The number of fused-ring (bicyclic) bond motifs is 5. The second-order valence-corrected chi connectivity index (χ2v) is 17.8. The van der Waals surface area contributed by atoms with E-state index in [0.29, 0.717) is 17.3 Å². The van der Waals surface area contributed by atoms with Crippen LogP contribution in [-0.4, -0.2) is 23.3 Å². The molecule has 0 aromatic heterocycles. The van der Waals surface area contributed by atoms with Crippen molar-refractivity contribution in [1.82, 2.24) is 0 Å². The highest BCUT2D eigenvalue weighted by Gasteiger charge is 2.59. The molecule has 4 aliphatic rings. The zero-order valence-electron chi connectivity index (χ0n) is 32.3. The van der Waals surface area contributed by atoms with Crippen LogP contribution in [0.3, 0.4) is 0 Å². The summed E-state index contributed by atoms with van der Waals surface area (Å²) >= 11 is 0. The van der Waals surface area contributed by atoms with E-state index in [4.69, 9.17) is 4.74 Å². The predicted octanol–water partition coefficient (Wildman–Crippen LogP) is 12.7. The molecule has 0 spiro atoms. The molecule has 0 radical (unpaired) electrons. The van der Waals surface area contributed by atoms with Gasteiger partial charge in [-0.2, -0.15) is 0 Å². The molecule has 2 unspecified atom stereocenters. The molecule has 1 N–H and O–H groups in total. The average Bonchev–Trinajstić information content (AvgIpc) is 3.41. The molecule has 3 nitrogen and oxygen atoms in total. The molecular formula is C45H76O3. The van der Waals surface area contributed by atoms with Crippen LogP contribution in [0.2, 0.25) is 0 Å². The fourth-order valence-electron chi connectivity index (χ4n) is 11.1. The van der Waals surface area contributed by atoms with Crippen LogP contribution in [-0.2, 0) is 9.53 Å². The van der Waals surface area contributed by atoms with Crippen LogP contribution >= 0.6 is 0 Å². The number of carbonyl (C=O) groups is 1. The summed E-state index contributed by atoms with van der Waals surface area (Å²) < 4.78 is 6.11. The highest BCUT2D eigenvalue weighted by Crippen LogP contribution is 2.67. The highest BCUT2D eigenvalue weighted by molar-refractivity contribution is 5.69. The van der Waals surface area contributed by atoms with Crippen LogP contribution in [0.25, 0.3) is 0 Å². The number of allylic oxidation sites excluding steroid dienone is 4. The van der Waals surface area contributed by atoms with E-state index in [2.05, 4.69) is 59.8 Å². The number of hydrogen-bond acceptors (Lipinski definition) is 3. The van der Waals surface area contributed by atoms with Crippen molar-refractivity contribution in [3.8, 4) is 0 Å². The Bertz CT molecular complexity index is 1050. The number of hydrogen-bond donors (Lipinski definition) is 1. The lowest BCUT2D eigenvalue weighted by Crippen LogP contribution is -2.51. The molecule has 0 aliphatic heterocycles. The van der Waals surface area contributed by atoms with Crippen molar-refractivity contribution in [2.24, 2.45) is 46.3 Å². The maximum Gasteiger partial charge on any atom is 0.306 e. The molecule has 3 fully saturated rings. The standard InChI is InChI=1S/C45H76O3/c1-7-8-16-22-37(46)23-17-14-12-10-9-11-13-15-18-24-43(47)48-38-29-31-44(5)36(33-38)25-26-39-41-28-27-40(35(4)21-19-20-34(2)3)45(41,6)32-30-42(39)44/h12,14,17,23,25,34-35,37-42,46H,7-11,13,15-16,18-22,24,26-33H2,1-6H3/b14-12+,23-17+/t35-,37?,38-,39+,40?,41+,42-,44-,45+/m1/s1. The predicted molar refractivity (Wildman–Crippen MR) is 204 cm³/mol. The van der Waals surface area contributed by atoms with Gasteiger partial charge >= 0.3 is 5.97 Å². The third-order valence-electron chi connectivity index (χ3n) is 14.0. The van der Waals surface area contributed by atoms with Crippen molar-refractivity contribution < 1.29 is 14.6 Å². The Morgan fingerprint density at radius 3 is 2.48 bits per heavy atom. The molecule has 0 amide bonds. The molecule has 3 heteroatoms. The lowest BCUT2D eigenvalue weighted by Gasteiger charge is -2.58. The first-order valence-electron chi connectivity index (χ1n) is 21.0. The fraction of sp³-hybridized carbons (Fsp3) is 0.844. The van der Waals surface area contributed by atoms with E-state index in [1.807, 2.05) is 12.2 Å². The van der Waals surface area contributed by atoms with Crippen molar-refractivity contribution in [3.05, 3.63) is 36.0 Å². The monoisotopic (exact) mass is 665 g/mol. The van der Waals surface area contributed by atoms with Crippen LogP contribution < -0.4 is 0 Å². The Hall–Kier alpha value is -1.35. The summed E-state index contributed by atoms with van der Waals surface area (Å²) in [7, 11) is 0. The lowest BCUT2D eigenvalue weighted by atomic mass is 9.47. The molecule has 4 rings (SSSR count). The fourth-order valence-corrected chi connectivity index (χ4v) is 11.1. The van der Waals surface area contributed by atoms with Crippen LogP contribution in [0.15, 0.2) is 36.0 Å². The number of unbranched alkanes of at least 4 members (excludes halogenated alkanes) is 7. The van der Waals surface area contributed by atoms with E-state index >= 15 is 0 Å². The minimum atomic E-state index is -0.310. The summed E-state index contributed by atoms with van der Waals surface area (Å²) in [4.78, 5) is 12.8. The molecule has 274 valence electrons. The molecule has 48 heavy (non-hydrogen) atoms. The van der Waals surface area contributed by atoms with Gasteiger partial charge in [0.1, 0.15) is 6.10 Å². The molecule has 9 atom stereocenters. The Balaban J connectivity index is 1.13. The number of ether oxygens (including phenoxy) is 1. The second kappa shape index (κ2) is 19.3. The van der Waals surface area contributed by atoms with Gasteiger partial charge in [0.25, 0.3) is 0 Å². The molecule has 4 aliphatic carbocycles. The Morgan fingerprint density at radius 1 is 0.896 bits per heavy atom. The molecular weight excluding hydrogens is 588 g/mol. The number of carbonyl (C=O) groups excluding carboxylic acids is 1. The lowest BCUT2D eigenvalue weighted by molar-refractivity contribution is -0.151. The Kier molecular flexibility index (Phi) is 15.9. The van der Waals surface area contributed by atoms with Gasteiger partial charge in [0.15, 0.2) is 0 Å². The topological polar surface area (TPSA) is 46.5 Å². The van der Waals surface area contributed by atoms with Gasteiger partial charge < -0.3 is 9.84 Å². The maximum atomic E-state index is 12.8. The van der Waals surface area contributed by atoms with Gasteiger partial charge in [-0.3, -0.25) is 4.79 Å². The van der Waals surface area contributed by atoms with E-state index in [9.17, 15) is 9.90 Å². The van der Waals surface area contributed by atoms with E-state index in [1.54, 1.807) is 5.57 Å². The molecule has 3 saturated carbocycles. The summed E-state index contributed by atoms with van der Waals surface area (Å²) in [5, 5.41) is 9.95. The molecule has 0 heterocycles. The summed E-state index contributed by atoms with van der Waals surface area (Å²) in [6.45, 7) is 14.8. The van der Waals surface area contributed by atoms with Crippen LogP contribution in [0.1, 0.15) is 183 Å². The van der Waals surface area contributed by atoms with Crippen molar-refractivity contribution >= 4 is 5.97 Å². The first-order chi connectivity index (χ1) is 23.1. The van der Waals surface area contributed by atoms with Crippen LogP contribution in [0.4, 0.5) is 0 Å². The molecule has 0 bridgehead atoms. The molecule has 0 aromatic carbocycles. The van der Waals surface area contributed by atoms with Gasteiger partial charge in [-0.15, -0.1) is 0 Å². The zero-order valence-corrected chi connectivity index (χ0v) is 32.3. The summed E-state index contributed by atoms with van der Waals surface area (Å²) in [6, 6.07) is 0.